The van der Waals surface area contributed by atoms with Gasteiger partial charge in [-0.15, -0.1) is 0 Å². The molecule has 0 radical (unpaired) electrons. The van der Waals surface area contributed by atoms with Crippen LogP contribution in [0.1, 0.15) is 43.2 Å². The quantitative estimate of drug-likeness (QED) is 0.480. The molecule has 0 fully saturated rings. The van der Waals surface area contributed by atoms with E-state index in [2.05, 4.69) is 22.8 Å². The van der Waals surface area contributed by atoms with Crippen LogP contribution in [0.2, 0.25) is 0 Å². The Balaban J connectivity index is 1.56. The van der Waals surface area contributed by atoms with Gasteiger partial charge < -0.3 is 25.2 Å². The number of hydrogen-bond acceptors (Lipinski definition) is 5. The maximum atomic E-state index is 12.6. The Kier molecular flexibility index (Phi) is 8.43. The van der Waals surface area contributed by atoms with Gasteiger partial charge in [0.15, 0.2) is 0 Å². The fraction of sp³-hybridized carbons (Fsp3) is 0.400. The number of carboxylic acid groups (broad SMARTS) is 1. The number of carboxylic acids is 1. The second kappa shape index (κ2) is 11.5. The van der Waals surface area contributed by atoms with Gasteiger partial charge in [0.2, 0.25) is 5.91 Å². The number of hydrogen-bond donors (Lipinski definition) is 3. The lowest BCUT2D eigenvalue weighted by atomic mass is 9.98. The lowest BCUT2D eigenvalue weighted by Gasteiger charge is -2.21. The van der Waals surface area contributed by atoms with E-state index in [0.717, 1.165) is 22.3 Å². The number of benzene rings is 2. The first-order valence-corrected chi connectivity index (χ1v) is 11.0. The summed E-state index contributed by atoms with van der Waals surface area (Å²) in [5.74, 6) is -1.36. The average Bonchev–Trinajstić information content (AvgIpc) is 3.11. The van der Waals surface area contributed by atoms with Crippen LogP contribution < -0.4 is 10.6 Å². The molecular formula is C25H30N2O6. The fourth-order valence-corrected chi connectivity index (χ4v) is 4.11. The Morgan fingerprint density at radius 3 is 2.18 bits per heavy atom. The van der Waals surface area contributed by atoms with Gasteiger partial charge in [-0.05, 0) is 42.0 Å². The third-order valence-corrected chi connectivity index (χ3v) is 5.70. The Bertz CT molecular complexity index is 947. The van der Waals surface area contributed by atoms with Crippen LogP contribution in [0.15, 0.2) is 48.5 Å². The van der Waals surface area contributed by atoms with Crippen molar-refractivity contribution in [1.29, 1.82) is 0 Å². The normalized spacial score (nSPS) is 14.0. The van der Waals surface area contributed by atoms with Gasteiger partial charge in [0, 0.05) is 25.5 Å². The van der Waals surface area contributed by atoms with Gasteiger partial charge in [0.25, 0.3) is 0 Å². The van der Waals surface area contributed by atoms with Gasteiger partial charge in [0.05, 0.1) is 6.61 Å². The summed E-state index contributed by atoms with van der Waals surface area (Å²) in [5.41, 5.74) is 4.48. The summed E-state index contributed by atoms with van der Waals surface area (Å²) in [6.45, 7) is 1.92. The first-order chi connectivity index (χ1) is 15.9. The highest BCUT2D eigenvalue weighted by Gasteiger charge is 2.30. The molecule has 0 saturated heterocycles. The molecule has 2 atom stereocenters. The zero-order chi connectivity index (χ0) is 23.8. The Morgan fingerprint density at radius 1 is 1.00 bits per heavy atom. The van der Waals surface area contributed by atoms with Crippen LogP contribution in [0.3, 0.4) is 0 Å². The van der Waals surface area contributed by atoms with Crippen LogP contribution in [-0.2, 0) is 19.1 Å². The molecule has 176 valence electrons. The van der Waals surface area contributed by atoms with Crippen molar-refractivity contribution in [2.45, 2.75) is 44.2 Å². The molecule has 0 bridgehead atoms. The molecule has 2 aromatic rings. The van der Waals surface area contributed by atoms with E-state index >= 15 is 0 Å². The van der Waals surface area contributed by atoms with Crippen LogP contribution >= 0.6 is 0 Å². The van der Waals surface area contributed by atoms with Crippen molar-refractivity contribution >= 4 is 18.0 Å². The molecule has 3 rings (SSSR count). The molecule has 1 aliphatic carbocycles. The number of nitrogens with one attached hydrogen (secondary N) is 2. The van der Waals surface area contributed by atoms with Crippen molar-refractivity contribution in [3.05, 3.63) is 59.7 Å². The third-order valence-electron chi connectivity index (χ3n) is 5.70. The highest BCUT2D eigenvalue weighted by atomic mass is 16.5. The standard InChI is InChI=1S/C25H30N2O6/c1-16(8-7-13-23(28)29)26-24(30)22(15-32-2)27-25(31)33-14-21-19-11-5-3-9-17(19)18-10-4-6-12-20(18)21/h3-6,9-12,16,21-22H,7-8,13-15H2,1-2H3,(H,26,30)(H,27,31)(H,28,29)/t16?,22-/m0/s1. The van der Waals surface area contributed by atoms with E-state index in [-0.39, 0.29) is 31.6 Å². The Labute approximate surface area is 193 Å². The van der Waals surface area contributed by atoms with E-state index in [1.807, 2.05) is 36.4 Å². The van der Waals surface area contributed by atoms with Crippen LogP contribution in [0.5, 0.6) is 0 Å². The summed E-state index contributed by atoms with van der Waals surface area (Å²) in [4.78, 5) is 35.7. The number of ether oxygens (including phenoxy) is 2. The highest BCUT2D eigenvalue weighted by Crippen LogP contribution is 2.44. The Hall–Kier alpha value is -3.39. The van der Waals surface area contributed by atoms with Crippen molar-refractivity contribution in [2.24, 2.45) is 0 Å². The molecule has 0 spiro atoms. The molecule has 1 unspecified atom stereocenters. The molecule has 0 aliphatic heterocycles. The maximum absolute atomic E-state index is 12.6. The largest absolute Gasteiger partial charge is 0.481 e. The van der Waals surface area contributed by atoms with Crippen molar-refractivity contribution < 1.29 is 29.0 Å². The van der Waals surface area contributed by atoms with E-state index < -0.39 is 24.0 Å². The van der Waals surface area contributed by atoms with Gasteiger partial charge in [-0.1, -0.05) is 48.5 Å². The predicted molar refractivity (Wildman–Crippen MR) is 123 cm³/mol. The second-order valence-electron chi connectivity index (χ2n) is 8.17. The van der Waals surface area contributed by atoms with Gasteiger partial charge in [-0.3, -0.25) is 9.59 Å². The first-order valence-electron chi connectivity index (χ1n) is 11.0. The van der Waals surface area contributed by atoms with Gasteiger partial charge in [0.1, 0.15) is 12.6 Å². The maximum Gasteiger partial charge on any atom is 0.407 e. The predicted octanol–water partition coefficient (Wildman–Crippen LogP) is 3.30. The van der Waals surface area contributed by atoms with E-state index in [9.17, 15) is 14.4 Å². The Morgan fingerprint density at radius 2 is 1.61 bits per heavy atom. The number of carbonyl (C=O) groups excluding carboxylic acids is 2. The van der Waals surface area contributed by atoms with E-state index in [4.69, 9.17) is 14.6 Å². The summed E-state index contributed by atoms with van der Waals surface area (Å²) in [5, 5.41) is 14.1. The number of fused-ring (bicyclic) bond motifs is 3. The molecule has 8 nitrogen and oxygen atoms in total. The van der Waals surface area contributed by atoms with E-state index in [0.29, 0.717) is 12.8 Å². The zero-order valence-corrected chi connectivity index (χ0v) is 18.9. The molecule has 2 aromatic carbocycles. The van der Waals surface area contributed by atoms with Crippen molar-refractivity contribution in [1.82, 2.24) is 10.6 Å². The minimum Gasteiger partial charge on any atom is -0.481 e. The molecule has 0 saturated carbocycles. The van der Waals surface area contributed by atoms with Crippen molar-refractivity contribution in [3.8, 4) is 11.1 Å². The van der Waals surface area contributed by atoms with Gasteiger partial charge in [-0.25, -0.2) is 4.79 Å². The van der Waals surface area contributed by atoms with E-state index in [1.165, 1.54) is 7.11 Å². The lowest BCUT2D eigenvalue weighted by molar-refractivity contribution is -0.137. The summed E-state index contributed by atoms with van der Waals surface area (Å²) in [7, 11) is 1.44. The number of aliphatic carboxylic acids is 1. The number of methoxy groups -OCH3 is 1. The number of amides is 2. The first kappa shape index (κ1) is 24.3. The molecular weight excluding hydrogens is 424 g/mol. The van der Waals surface area contributed by atoms with Crippen LogP contribution in [0.4, 0.5) is 4.79 Å². The zero-order valence-electron chi connectivity index (χ0n) is 18.9. The summed E-state index contributed by atoms with van der Waals surface area (Å²) >= 11 is 0. The third kappa shape index (κ3) is 6.32. The smallest absolute Gasteiger partial charge is 0.407 e. The monoisotopic (exact) mass is 454 g/mol. The molecule has 3 N–H and O–H groups in total. The molecule has 2 amide bonds. The molecule has 0 heterocycles. The molecule has 8 heteroatoms. The van der Waals surface area contributed by atoms with Gasteiger partial charge >= 0.3 is 12.1 Å². The molecule has 1 aliphatic rings. The topological polar surface area (TPSA) is 114 Å². The second-order valence-corrected chi connectivity index (χ2v) is 8.17. The van der Waals surface area contributed by atoms with Crippen molar-refractivity contribution in [2.75, 3.05) is 20.3 Å². The number of carbonyl (C=O) groups is 3. The summed E-state index contributed by atoms with van der Waals surface area (Å²) in [6.07, 6.45) is 0.307. The minimum atomic E-state index is -0.924. The van der Waals surface area contributed by atoms with Crippen LogP contribution in [0.25, 0.3) is 11.1 Å². The molecule has 0 aromatic heterocycles. The lowest BCUT2D eigenvalue weighted by Crippen LogP contribution is -2.51. The fourth-order valence-electron chi connectivity index (χ4n) is 4.11. The number of alkyl carbamates (subject to hydrolysis) is 1. The molecule has 33 heavy (non-hydrogen) atoms. The van der Waals surface area contributed by atoms with E-state index in [1.54, 1.807) is 6.92 Å². The average molecular weight is 455 g/mol. The highest BCUT2D eigenvalue weighted by molar-refractivity contribution is 5.86. The van der Waals surface area contributed by atoms with Gasteiger partial charge in [-0.2, -0.15) is 0 Å². The summed E-state index contributed by atoms with van der Waals surface area (Å²) in [6, 6.07) is 14.9. The van der Waals surface area contributed by atoms with Crippen LogP contribution in [-0.4, -0.2) is 55.5 Å². The minimum absolute atomic E-state index is 0.0160. The summed E-state index contributed by atoms with van der Waals surface area (Å²) < 4.78 is 10.6. The van der Waals surface area contributed by atoms with Crippen LogP contribution in [0, 0.1) is 0 Å². The van der Waals surface area contributed by atoms with Crippen molar-refractivity contribution in [3.63, 3.8) is 0 Å². The number of rotatable bonds is 11. The SMILES string of the molecule is COC[C@H](NC(=O)OCC1c2ccccc2-c2ccccc21)C(=O)NC(C)CCCC(=O)O.